The van der Waals surface area contributed by atoms with Crippen LogP contribution in [0.25, 0.3) is 0 Å². The summed E-state index contributed by atoms with van der Waals surface area (Å²) in [5.74, 6) is 0.569. The maximum absolute atomic E-state index is 11.2. The minimum absolute atomic E-state index is 0.530. The molecule has 3 nitrogen and oxygen atoms in total. The minimum atomic E-state index is -1.17. The van der Waals surface area contributed by atoms with E-state index in [9.17, 15) is 5.11 Å². The Balaban J connectivity index is 2.96. The monoisotopic (exact) mass is 167 g/mol. The Labute approximate surface area is 71.5 Å². The summed E-state index contributed by atoms with van der Waals surface area (Å²) in [6.07, 6.45) is -1.17. The van der Waals surface area contributed by atoms with E-state index < -0.39 is 6.29 Å². The molecule has 0 saturated heterocycles. The van der Waals surface area contributed by atoms with Crippen LogP contribution in [0.1, 0.15) is 11.9 Å². The molecule has 3 heteroatoms. The van der Waals surface area contributed by atoms with Gasteiger partial charge in [0.1, 0.15) is 5.75 Å². The summed E-state index contributed by atoms with van der Waals surface area (Å²) in [5.41, 5.74) is 0.530. The van der Waals surface area contributed by atoms with Gasteiger partial charge >= 0.3 is 0 Å². The van der Waals surface area contributed by atoms with Crippen molar-refractivity contribution in [3.63, 3.8) is 0 Å². The van der Waals surface area contributed by atoms with Gasteiger partial charge in [0, 0.05) is 7.11 Å². The second-order valence-corrected chi connectivity index (χ2v) is 2.31. The number of rotatable bonds is 3. The van der Waals surface area contributed by atoms with E-state index in [1.807, 2.05) is 6.07 Å². The van der Waals surface area contributed by atoms with E-state index in [-0.39, 0.29) is 0 Å². The van der Waals surface area contributed by atoms with Crippen molar-refractivity contribution in [2.75, 3.05) is 14.2 Å². The molecule has 0 saturated carbocycles. The second-order valence-electron chi connectivity index (χ2n) is 2.31. The molecule has 1 aromatic rings. The van der Waals surface area contributed by atoms with Crippen molar-refractivity contribution >= 4 is 0 Å². The van der Waals surface area contributed by atoms with E-state index in [2.05, 4.69) is 4.74 Å². The van der Waals surface area contributed by atoms with E-state index >= 15 is 0 Å². The standard InChI is InChI=1S/C9H11O3/c1-11-8-6-4-3-5-7(8)9(10)12-2/h3-6,9H,1-2H3. The van der Waals surface area contributed by atoms with Crippen LogP contribution in [0.3, 0.4) is 0 Å². The molecule has 0 aliphatic heterocycles. The Hall–Kier alpha value is -1.06. The molecule has 1 atom stereocenters. The van der Waals surface area contributed by atoms with Gasteiger partial charge in [0.05, 0.1) is 12.7 Å². The van der Waals surface area contributed by atoms with Gasteiger partial charge in [-0.05, 0) is 6.07 Å². The number of hydrogen-bond donors (Lipinski definition) is 0. The maximum atomic E-state index is 11.2. The highest BCUT2D eigenvalue weighted by Gasteiger charge is 2.12. The molecular formula is C9H11O3. The van der Waals surface area contributed by atoms with Gasteiger partial charge in [-0.3, -0.25) is 0 Å². The first-order valence-corrected chi connectivity index (χ1v) is 3.61. The molecule has 12 heavy (non-hydrogen) atoms. The lowest BCUT2D eigenvalue weighted by atomic mass is 10.2. The number of methoxy groups -OCH3 is 2. The topological polar surface area (TPSA) is 38.4 Å². The number of hydrogen-bond acceptors (Lipinski definition) is 2. The van der Waals surface area contributed by atoms with Crippen LogP contribution in [0.15, 0.2) is 24.3 Å². The number of para-hydroxylation sites is 1. The Morgan fingerprint density at radius 3 is 2.50 bits per heavy atom. The third-order valence-electron chi connectivity index (χ3n) is 1.61. The molecule has 1 radical (unpaired) electrons. The van der Waals surface area contributed by atoms with Gasteiger partial charge in [0.15, 0.2) is 0 Å². The minimum Gasteiger partial charge on any atom is -0.496 e. The van der Waals surface area contributed by atoms with Gasteiger partial charge in [0.2, 0.25) is 6.29 Å². The lowest BCUT2D eigenvalue weighted by Gasteiger charge is -2.10. The summed E-state index contributed by atoms with van der Waals surface area (Å²) in [6, 6.07) is 7.02. The van der Waals surface area contributed by atoms with Crippen LogP contribution in [-0.2, 0) is 9.84 Å². The summed E-state index contributed by atoms with van der Waals surface area (Å²) < 4.78 is 9.63. The fourth-order valence-electron chi connectivity index (χ4n) is 0.988. The van der Waals surface area contributed by atoms with Crippen molar-refractivity contribution in [2.24, 2.45) is 0 Å². The highest BCUT2D eigenvalue weighted by molar-refractivity contribution is 5.33. The molecule has 0 heterocycles. The lowest BCUT2D eigenvalue weighted by Crippen LogP contribution is -2.00. The van der Waals surface area contributed by atoms with Gasteiger partial charge in [-0.25, -0.2) is 0 Å². The Kier molecular flexibility index (Phi) is 3.08. The predicted octanol–water partition coefficient (Wildman–Crippen LogP) is 1.77. The molecule has 0 N–H and O–H groups in total. The predicted molar refractivity (Wildman–Crippen MR) is 43.4 cm³/mol. The lowest BCUT2D eigenvalue weighted by molar-refractivity contribution is -0.124. The SMILES string of the molecule is COc1ccccc1C([O])OC. The van der Waals surface area contributed by atoms with Crippen molar-refractivity contribution < 1.29 is 14.6 Å². The van der Waals surface area contributed by atoms with Gasteiger partial charge in [0.25, 0.3) is 0 Å². The quantitative estimate of drug-likeness (QED) is 0.643. The van der Waals surface area contributed by atoms with Crippen LogP contribution in [0.4, 0.5) is 0 Å². The Morgan fingerprint density at radius 1 is 1.25 bits per heavy atom. The van der Waals surface area contributed by atoms with Crippen LogP contribution in [-0.4, -0.2) is 14.2 Å². The number of benzene rings is 1. The molecule has 0 spiro atoms. The molecule has 65 valence electrons. The van der Waals surface area contributed by atoms with Crippen molar-refractivity contribution in [3.8, 4) is 5.75 Å². The van der Waals surface area contributed by atoms with Crippen molar-refractivity contribution in [2.45, 2.75) is 6.29 Å². The van der Waals surface area contributed by atoms with Crippen LogP contribution in [0.2, 0.25) is 0 Å². The molecule has 0 aromatic heterocycles. The summed E-state index contributed by atoms with van der Waals surface area (Å²) in [6.45, 7) is 0. The van der Waals surface area contributed by atoms with Crippen LogP contribution < -0.4 is 4.74 Å². The van der Waals surface area contributed by atoms with Crippen LogP contribution in [0.5, 0.6) is 5.75 Å². The van der Waals surface area contributed by atoms with E-state index in [1.54, 1.807) is 18.2 Å². The highest BCUT2D eigenvalue weighted by atomic mass is 16.6. The van der Waals surface area contributed by atoms with Crippen molar-refractivity contribution in [1.82, 2.24) is 0 Å². The van der Waals surface area contributed by atoms with Gasteiger partial charge in [-0.2, -0.15) is 5.11 Å². The maximum Gasteiger partial charge on any atom is 0.220 e. The smallest absolute Gasteiger partial charge is 0.220 e. The number of ether oxygens (including phenoxy) is 2. The first-order valence-electron chi connectivity index (χ1n) is 3.61. The average molecular weight is 167 g/mol. The van der Waals surface area contributed by atoms with Gasteiger partial charge in [-0.1, -0.05) is 18.2 Å². The summed E-state index contributed by atoms with van der Waals surface area (Å²) in [7, 11) is 2.91. The third kappa shape index (κ3) is 1.75. The summed E-state index contributed by atoms with van der Waals surface area (Å²) in [5, 5.41) is 11.2. The van der Waals surface area contributed by atoms with Crippen LogP contribution in [0, 0.1) is 0 Å². The first-order chi connectivity index (χ1) is 5.79. The molecule has 0 bridgehead atoms. The summed E-state index contributed by atoms with van der Waals surface area (Å²) in [4.78, 5) is 0. The summed E-state index contributed by atoms with van der Waals surface area (Å²) >= 11 is 0. The Bertz CT molecular complexity index is 247. The van der Waals surface area contributed by atoms with Crippen molar-refractivity contribution in [3.05, 3.63) is 29.8 Å². The molecule has 0 aliphatic rings. The second kappa shape index (κ2) is 4.09. The average Bonchev–Trinajstić information content (AvgIpc) is 2.16. The highest BCUT2D eigenvalue weighted by Crippen LogP contribution is 2.24. The zero-order valence-electron chi connectivity index (χ0n) is 7.11. The molecule has 0 amide bonds. The van der Waals surface area contributed by atoms with E-state index in [4.69, 9.17) is 4.74 Å². The zero-order chi connectivity index (χ0) is 8.97. The van der Waals surface area contributed by atoms with E-state index in [0.717, 1.165) is 0 Å². The fourth-order valence-corrected chi connectivity index (χ4v) is 0.988. The first kappa shape index (κ1) is 9.03. The molecule has 1 aromatic carbocycles. The molecule has 0 fully saturated rings. The van der Waals surface area contributed by atoms with Gasteiger partial charge < -0.3 is 9.47 Å². The largest absolute Gasteiger partial charge is 0.496 e. The van der Waals surface area contributed by atoms with E-state index in [1.165, 1.54) is 14.2 Å². The van der Waals surface area contributed by atoms with Gasteiger partial charge in [-0.15, -0.1) is 0 Å². The molecule has 1 rings (SSSR count). The molecular weight excluding hydrogens is 156 g/mol. The van der Waals surface area contributed by atoms with E-state index in [0.29, 0.717) is 11.3 Å². The molecule has 1 unspecified atom stereocenters. The van der Waals surface area contributed by atoms with Crippen LogP contribution >= 0.6 is 0 Å². The third-order valence-corrected chi connectivity index (χ3v) is 1.61. The normalized spacial score (nSPS) is 12.6. The molecule has 0 aliphatic carbocycles. The van der Waals surface area contributed by atoms with Crippen molar-refractivity contribution in [1.29, 1.82) is 0 Å². The fraction of sp³-hybridized carbons (Fsp3) is 0.333. The Morgan fingerprint density at radius 2 is 1.92 bits per heavy atom. The zero-order valence-corrected chi connectivity index (χ0v) is 7.11.